The van der Waals surface area contributed by atoms with Gasteiger partial charge in [-0.05, 0) is 30.3 Å². The minimum Gasteiger partial charge on any atom is -0.493 e. The standard InChI is InChI=1S/C30H29N5O3S/c1-36-17-16-31-30-35(26(21-39-30)22-10-6-4-7-11-22)32-19-24-20-34(25-12-8-5-9-13-25)33-29(24)23-14-15-27(37-2)28(18-23)38-3/h4-15,18-21H,16-17H2,1-3H3/b31-30?,32-19-. The normalized spacial score (nSPS) is 11.8. The van der Waals surface area contributed by atoms with Crippen molar-refractivity contribution in [3.05, 3.63) is 101 Å². The van der Waals surface area contributed by atoms with Gasteiger partial charge in [-0.15, -0.1) is 11.3 Å². The summed E-state index contributed by atoms with van der Waals surface area (Å²) in [5, 5.41) is 11.9. The molecule has 5 rings (SSSR count). The third-order valence-corrected chi connectivity index (χ3v) is 6.88. The van der Waals surface area contributed by atoms with Gasteiger partial charge in [-0.2, -0.15) is 10.2 Å². The molecule has 2 aromatic heterocycles. The van der Waals surface area contributed by atoms with Crippen LogP contribution in [0.1, 0.15) is 5.56 Å². The quantitative estimate of drug-likeness (QED) is 0.173. The maximum atomic E-state index is 5.56. The Morgan fingerprint density at radius 1 is 0.872 bits per heavy atom. The van der Waals surface area contributed by atoms with Crippen LogP contribution in [0.25, 0.3) is 28.2 Å². The third-order valence-electron chi connectivity index (χ3n) is 6.03. The summed E-state index contributed by atoms with van der Waals surface area (Å²) in [5.41, 5.74) is 5.44. The molecular weight excluding hydrogens is 510 g/mol. The predicted molar refractivity (Wildman–Crippen MR) is 155 cm³/mol. The molecule has 0 saturated heterocycles. The monoisotopic (exact) mass is 539 g/mol. The molecule has 0 amide bonds. The summed E-state index contributed by atoms with van der Waals surface area (Å²) in [6.07, 6.45) is 3.80. The number of thiazole rings is 1. The van der Waals surface area contributed by atoms with Crippen molar-refractivity contribution in [2.75, 3.05) is 34.5 Å². The third kappa shape index (κ3) is 5.84. The number of nitrogens with zero attached hydrogens (tertiary/aromatic N) is 5. The van der Waals surface area contributed by atoms with Crippen LogP contribution in [0.4, 0.5) is 0 Å². The molecule has 0 radical (unpaired) electrons. The molecule has 9 heteroatoms. The highest BCUT2D eigenvalue weighted by molar-refractivity contribution is 7.07. The Kier molecular flexibility index (Phi) is 8.30. The van der Waals surface area contributed by atoms with Gasteiger partial charge in [0.15, 0.2) is 11.5 Å². The van der Waals surface area contributed by atoms with E-state index in [-0.39, 0.29) is 0 Å². The average Bonchev–Trinajstić information content (AvgIpc) is 3.61. The maximum absolute atomic E-state index is 5.56. The van der Waals surface area contributed by atoms with Gasteiger partial charge >= 0.3 is 0 Å². The second-order valence-corrected chi connectivity index (χ2v) is 9.32. The van der Waals surface area contributed by atoms with Crippen LogP contribution in [0.5, 0.6) is 11.5 Å². The summed E-state index contributed by atoms with van der Waals surface area (Å²) >= 11 is 1.54. The zero-order chi connectivity index (χ0) is 27.0. The van der Waals surface area contributed by atoms with E-state index in [1.807, 2.05) is 88.5 Å². The number of ether oxygens (including phenoxy) is 3. The minimum atomic E-state index is 0.537. The summed E-state index contributed by atoms with van der Waals surface area (Å²) in [4.78, 5) is 5.50. The van der Waals surface area contributed by atoms with Gasteiger partial charge in [0.25, 0.3) is 0 Å². The Morgan fingerprint density at radius 3 is 2.33 bits per heavy atom. The van der Waals surface area contributed by atoms with Crippen LogP contribution in [0.3, 0.4) is 0 Å². The zero-order valence-corrected chi connectivity index (χ0v) is 22.8. The molecule has 3 aromatic carbocycles. The molecule has 0 fully saturated rings. The minimum absolute atomic E-state index is 0.537. The van der Waals surface area contributed by atoms with Crippen LogP contribution in [-0.4, -0.2) is 55.2 Å². The molecule has 0 aliphatic rings. The number of hydrogen-bond acceptors (Lipinski definition) is 7. The van der Waals surface area contributed by atoms with Crippen LogP contribution in [0, 0.1) is 0 Å². The van der Waals surface area contributed by atoms with Gasteiger partial charge in [0.05, 0.1) is 45.0 Å². The Bertz CT molecular complexity index is 1620. The van der Waals surface area contributed by atoms with E-state index in [9.17, 15) is 0 Å². The van der Waals surface area contributed by atoms with Crippen molar-refractivity contribution in [1.29, 1.82) is 0 Å². The van der Waals surface area contributed by atoms with E-state index in [4.69, 9.17) is 29.4 Å². The first-order chi connectivity index (χ1) is 19.2. The molecule has 0 atom stereocenters. The van der Waals surface area contributed by atoms with Crippen molar-refractivity contribution < 1.29 is 14.2 Å². The van der Waals surface area contributed by atoms with E-state index < -0.39 is 0 Å². The zero-order valence-electron chi connectivity index (χ0n) is 22.0. The molecule has 0 aliphatic carbocycles. The van der Waals surface area contributed by atoms with E-state index in [2.05, 4.69) is 17.5 Å². The number of methoxy groups -OCH3 is 3. The van der Waals surface area contributed by atoms with Crippen LogP contribution < -0.4 is 14.3 Å². The highest BCUT2D eigenvalue weighted by Gasteiger charge is 2.15. The van der Waals surface area contributed by atoms with Crippen molar-refractivity contribution >= 4 is 17.6 Å². The molecule has 0 unspecified atom stereocenters. The van der Waals surface area contributed by atoms with E-state index in [0.29, 0.717) is 24.7 Å². The van der Waals surface area contributed by atoms with Crippen molar-refractivity contribution in [3.8, 4) is 39.7 Å². The largest absolute Gasteiger partial charge is 0.493 e. The Labute approximate surface area is 231 Å². The van der Waals surface area contributed by atoms with Crippen LogP contribution in [0.15, 0.2) is 101 Å². The number of benzene rings is 3. The highest BCUT2D eigenvalue weighted by atomic mass is 32.1. The van der Waals surface area contributed by atoms with Crippen molar-refractivity contribution in [2.45, 2.75) is 0 Å². The molecule has 5 aromatic rings. The number of hydrogen-bond donors (Lipinski definition) is 0. The first kappa shape index (κ1) is 26.1. The Hall–Kier alpha value is -4.47. The van der Waals surface area contributed by atoms with Crippen molar-refractivity contribution in [1.82, 2.24) is 14.5 Å². The molecule has 0 saturated carbocycles. The van der Waals surface area contributed by atoms with Gasteiger partial charge in [-0.25, -0.2) is 9.36 Å². The van der Waals surface area contributed by atoms with Crippen LogP contribution in [-0.2, 0) is 4.74 Å². The van der Waals surface area contributed by atoms with E-state index >= 15 is 0 Å². The van der Waals surface area contributed by atoms with Crippen LogP contribution in [0.2, 0.25) is 0 Å². The first-order valence-electron chi connectivity index (χ1n) is 12.4. The summed E-state index contributed by atoms with van der Waals surface area (Å²) < 4.78 is 19.9. The molecular formula is C30H29N5O3S. The Morgan fingerprint density at radius 2 is 1.62 bits per heavy atom. The fourth-order valence-corrected chi connectivity index (χ4v) is 4.95. The molecule has 0 aliphatic heterocycles. The summed E-state index contributed by atoms with van der Waals surface area (Å²) in [7, 11) is 4.92. The molecule has 0 bridgehead atoms. The lowest BCUT2D eigenvalue weighted by Gasteiger charge is -2.09. The van der Waals surface area contributed by atoms with Crippen molar-refractivity contribution in [3.63, 3.8) is 0 Å². The van der Waals surface area contributed by atoms with Gasteiger partial charge < -0.3 is 14.2 Å². The lowest BCUT2D eigenvalue weighted by atomic mass is 10.1. The van der Waals surface area contributed by atoms with Gasteiger partial charge in [-0.1, -0.05) is 48.5 Å². The lowest BCUT2D eigenvalue weighted by molar-refractivity contribution is 0.207. The summed E-state index contributed by atoms with van der Waals surface area (Å²) in [6.45, 7) is 1.08. The molecule has 0 spiro atoms. The highest BCUT2D eigenvalue weighted by Crippen LogP contribution is 2.33. The maximum Gasteiger partial charge on any atom is 0.206 e. The average molecular weight is 540 g/mol. The summed E-state index contributed by atoms with van der Waals surface area (Å²) in [5.74, 6) is 1.28. The van der Waals surface area contributed by atoms with Gasteiger partial charge in [-0.3, -0.25) is 4.99 Å². The predicted octanol–water partition coefficient (Wildman–Crippen LogP) is 5.52. The fourth-order valence-electron chi connectivity index (χ4n) is 4.08. The number of para-hydroxylation sites is 1. The Balaban J connectivity index is 1.63. The SMILES string of the molecule is COCCN=c1scc(-c2ccccc2)n1/N=C\c1cn(-c2ccccc2)nc1-c1ccc(OC)c(OC)c1. The van der Waals surface area contributed by atoms with Gasteiger partial charge in [0, 0.05) is 35.4 Å². The molecule has 0 N–H and O–H groups in total. The molecule has 2 heterocycles. The van der Waals surface area contributed by atoms with E-state index in [0.717, 1.165) is 38.6 Å². The van der Waals surface area contributed by atoms with E-state index in [1.165, 1.54) is 0 Å². The van der Waals surface area contributed by atoms with Crippen LogP contribution >= 0.6 is 11.3 Å². The second-order valence-electron chi connectivity index (χ2n) is 8.48. The van der Waals surface area contributed by atoms with E-state index in [1.54, 1.807) is 32.7 Å². The lowest BCUT2D eigenvalue weighted by Crippen LogP contribution is -2.13. The summed E-state index contributed by atoms with van der Waals surface area (Å²) in [6, 6.07) is 25.9. The van der Waals surface area contributed by atoms with Gasteiger partial charge in [0.2, 0.25) is 4.80 Å². The second kappa shape index (κ2) is 12.4. The smallest absolute Gasteiger partial charge is 0.206 e. The molecule has 8 nitrogen and oxygen atoms in total. The molecule has 198 valence electrons. The number of aromatic nitrogens is 3. The first-order valence-corrected chi connectivity index (χ1v) is 13.3. The van der Waals surface area contributed by atoms with Gasteiger partial charge in [0.1, 0.15) is 5.69 Å². The number of rotatable bonds is 10. The fraction of sp³-hybridized carbons (Fsp3) is 0.167. The molecule has 39 heavy (non-hydrogen) atoms. The van der Waals surface area contributed by atoms with Crippen molar-refractivity contribution in [2.24, 2.45) is 10.1 Å². The topological polar surface area (TPSA) is 75.2 Å².